The quantitative estimate of drug-likeness (QED) is 0.488. The number of fused-ring (bicyclic) bond motifs is 1. The molecule has 0 spiro atoms. The van der Waals surface area contributed by atoms with E-state index in [1.807, 2.05) is 0 Å². The highest BCUT2D eigenvalue weighted by molar-refractivity contribution is 14.0. The number of rotatable bonds is 1. The van der Waals surface area contributed by atoms with E-state index < -0.39 is 0 Å². The second-order valence-electron chi connectivity index (χ2n) is 4.22. The zero-order valence-electron chi connectivity index (χ0n) is 10.0. The Labute approximate surface area is 143 Å². The Morgan fingerprint density at radius 1 is 0.778 bits per heavy atom. The lowest BCUT2D eigenvalue weighted by molar-refractivity contribution is 0.986. The van der Waals surface area contributed by atoms with Crippen LogP contribution in [0.25, 0.3) is 17.2 Å². The van der Waals surface area contributed by atoms with Gasteiger partial charge >= 0.3 is 0 Å². The minimum absolute atomic E-state index is 0. The predicted octanol–water partition coefficient (Wildman–Crippen LogP) is 5.55. The predicted molar refractivity (Wildman–Crippen MR) is 100 cm³/mol. The molecule has 0 N–H and O–H groups in total. The molecule has 0 aliphatic heterocycles. The third-order valence-electron chi connectivity index (χ3n) is 3.13. The first-order valence-corrected chi connectivity index (χ1v) is 5.78. The summed E-state index contributed by atoms with van der Waals surface area (Å²) in [7, 11) is 0. The second-order valence-corrected chi connectivity index (χ2v) is 4.22. The smallest absolute Gasteiger partial charge is 0.0178 e. The topological polar surface area (TPSA) is 0 Å². The van der Waals surface area contributed by atoms with Crippen molar-refractivity contribution in [3.05, 3.63) is 65.7 Å². The maximum absolute atomic E-state index is 2.29. The molecule has 0 atom stereocenters. The maximum atomic E-state index is 2.29. The largest absolute Gasteiger partial charge is 0.107 e. The van der Waals surface area contributed by atoms with Crippen LogP contribution in [0.15, 0.2) is 54.6 Å². The summed E-state index contributed by atoms with van der Waals surface area (Å²) in [5.41, 5.74) is 5.46. The molecular weight excluding hydrogens is 446 g/mol. The average Bonchev–Trinajstić information content (AvgIpc) is 2.39. The van der Waals surface area contributed by atoms with Crippen LogP contribution in [0.4, 0.5) is 0 Å². The van der Waals surface area contributed by atoms with Gasteiger partial charge in [-0.05, 0) is 41.2 Å². The van der Waals surface area contributed by atoms with Gasteiger partial charge in [-0.3, -0.25) is 0 Å². The second kappa shape index (κ2) is 7.28. The highest BCUT2D eigenvalue weighted by Crippen LogP contribution is 2.26. The number of benzene rings is 2. The van der Waals surface area contributed by atoms with Gasteiger partial charge in [0, 0.05) is 0 Å². The first kappa shape index (κ1) is 15.7. The third-order valence-corrected chi connectivity index (χ3v) is 3.13. The molecule has 18 heavy (non-hydrogen) atoms. The lowest BCUT2D eigenvalue weighted by Gasteiger charge is -2.12. The van der Waals surface area contributed by atoms with E-state index in [9.17, 15) is 0 Å². The fourth-order valence-corrected chi connectivity index (χ4v) is 2.24. The van der Waals surface area contributed by atoms with Crippen LogP contribution < -0.4 is 0 Å². The molecule has 0 saturated heterocycles. The Morgan fingerprint density at radius 2 is 1.56 bits per heavy atom. The summed E-state index contributed by atoms with van der Waals surface area (Å²) in [6.07, 6.45) is 6.86. The molecule has 2 heteroatoms. The van der Waals surface area contributed by atoms with Gasteiger partial charge in [0.05, 0.1) is 0 Å². The van der Waals surface area contributed by atoms with Crippen LogP contribution in [-0.2, 0) is 6.42 Å². The van der Waals surface area contributed by atoms with Gasteiger partial charge < -0.3 is 0 Å². The summed E-state index contributed by atoms with van der Waals surface area (Å²) < 4.78 is 0. The molecular formula is C16H16I2. The van der Waals surface area contributed by atoms with Crippen molar-refractivity contribution in [1.29, 1.82) is 0 Å². The zero-order chi connectivity index (χ0) is 10.8. The zero-order valence-corrected chi connectivity index (χ0v) is 14.7. The Hall–Kier alpha value is -0.360. The Balaban J connectivity index is 0.000000810. The number of halogens is 2. The molecule has 0 unspecified atom stereocenters. The molecule has 0 amide bonds. The molecule has 3 rings (SSSR count). The fraction of sp³-hybridized carbons (Fsp3) is 0.125. The van der Waals surface area contributed by atoms with Gasteiger partial charge in [-0.2, -0.15) is 0 Å². The van der Waals surface area contributed by atoms with E-state index >= 15 is 0 Å². The molecule has 1 aliphatic carbocycles. The van der Waals surface area contributed by atoms with Crippen molar-refractivity contribution in [2.24, 2.45) is 0 Å². The SMILES string of the molecule is C1=Cc2cc(-c3ccccc3)ccc2CC1.I.I. The summed E-state index contributed by atoms with van der Waals surface area (Å²) in [6, 6.07) is 17.3. The van der Waals surface area contributed by atoms with Gasteiger partial charge in [-0.1, -0.05) is 54.6 Å². The fourth-order valence-electron chi connectivity index (χ4n) is 2.24. The van der Waals surface area contributed by atoms with E-state index in [0.717, 1.165) is 0 Å². The number of hydrogen-bond donors (Lipinski definition) is 0. The summed E-state index contributed by atoms with van der Waals surface area (Å²) >= 11 is 0. The molecule has 0 fully saturated rings. The van der Waals surface area contributed by atoms with Crippen molar-refractivity contribution in [3.63, 3.8) is 0 Å². The van der Waals surface area contributed by atoms with E-state index in [0.29, 0.717) is 0 Å². The van der Waals surface area contributed by atoms with Crippen molar-refractivity contribution < 1.29 is 0 Å². The summed E-state index contributed by atoms with van der Waals surface area (Å²) in [4.78, 5) is 0. The number of aryl methyl sites for hydroxylation is 1. The van der Waals surface area contributed by atoms with Crippen LogP contribution in [0.3, 0.4) is 0 Å². The minimum atomic E-state index is 0. The Bertz CT molecular complexity index is 530. The summed E-state index contributed by atoms with van der Waals surface area (Å²) in [5.74, 6) is 0. The highest BCUT2D eigenvalue weighted by atomic mass is 127. The minimum Gasteiger partial charge on any atom is -0.107 e. The summed E-state index contributed by atoms with van der Waals surface area (Å²) in [6.45, 7) is 0. The molecule has 94 valence electrons. The molecule has 0 radical (unpaired) electrons. The molecule has 0 heterocycles. The van der Waals surface area contributed by atoms with Gasteiger partial charge in [0.15, 0.2) is 0 Å². The van der Waals surface area contributed by atoms with Crippen LogP contribution in [0.2, 0.25) is 0 Å². The first-order valence-electron chi connectivity index (χ1n) is 5.78. The molecule has 2 aromatic rings. The van der Waals surface area contributed by atoms with Crippen molar-refractivity contribution in [2.45, 2.75) is 12.8 Å². The van der Waals surface area contributed by atoms with Crippen LogP contribution in [-0.4, -0.2) is 0 Å². The van der Waals surface area contributed by atoms with E-state index in [4.69, 9.17) is 0 Å². The van der Waals surface area contributed by atoms with E-state index in [1.54, 1.807) is 0 Å². The lowest BCUT2D eigenvalue weighted by atomic mass is 9.93. The standard InChI is InChI=1S/C16H14.2HI/c1-2-6-13(7-3-1)16-11-10-14-8-4-5-9-15(14)12-16;;/h1-3,5-7,9-12H,4,8H2;2*1H. The normalized spacial score (nSPS) is 12.0. The van der Waals surface area contributed by atoms with E-state index in [2.05, 4.69) is 60.7 Å². The highest BCUT2D eigenvalue weighted by Gasteiger charge is 2.05. The van der Waals surface area contributed by atoms with Gasteiger partial charge in [0.25, 0.3) is 0 Å². The van der Waals surface area contributed by atoms with Crippen molar-refractivity contribution in [1.82, 2.24) is 0 Å². The van der Waals surface area contributed by atoms with Crippen molar-refractivity contribution >= 4 is 54.0 Å². The maximum Gasteiger partial charge on any atom is -0.0178 e. The van der Waals surface area contributed by atoms with E-state index in [1.165, 1.54) is 35.1 Å². The number of allylic oxidation sites excluding steroid dienone is 1. The number of hydrogen-bond acceptors (Lipinski definition) is 0. The Morgan fingerprint density at radius 3 is 2.33 bits per heavy atom. The molecule has 1 aliphatic rings. The van der Waals surface area contributed by atoms with Gasteiger partial charge in [-0.25, -0.2) is 0 Å². The Kier molecular flexibility index (Phi) is 6.35. The average molecular weight is 462 g/mol. The van der Waals surface area contributed by atoms with E-state index in [-0.39, 0.29) is 48.0 Å². The molecule has 0 aromatic heterocycles. The first-order chi connectivity index (χ1) is 7.93. The van der Waals surface area contributed by atoms with Crippen LogP contribution in [0, 0.1) is 0 Å². The lowest BCUT2D eigenvalue weighted by Crippen LogP contribution is -1.93. The third kappa shape index (κ3) is 3.35. The van der Waals surface area contributed by atoms with Crippen molar-refractivity contribution in [3.8, 4) is 11.1 Å². The molecule has 0 nitrogen and oxygen atoms in total. The molecule has 2 aromatic carbocycles. The van der Waals surface area contributed by atoms with Gasteiger partial charge in [0.1, 0.15) is 0 Å². The van der Waals surface area contributed by atoms with Crippen LogP contribution in [0.1, 0.15) is 17.5 Å². The van der Waals surface area contributed by atoms with Crippen LogP contribution in [0.5, 0.6) is 0 Å². The molecule has 0 bridgehead atoms. The monoisotopic (exact) mass is 462 g/mol. The van der Waals surface area contributed by atoms with Crippen LogP contribution >= 0.6 is 48.0 Å². The van der Waals surface area contributed by atoms with Gasteiger partial charge in [0.2, 0.25) is 0 Å². The summed E-state index contributed by atoms with van der Waals surface area (Å²) in [5, 5.41) is 0. The molecule has 0 saturated carbocycles. The van der Waals surface area contributed by atoms with Gasteiger partial charge in [-0.15, -0.1) is 48.0 Å². The van der Waals surface area contributed by atoms with Crippen molar-refractivity contribution in [2.75, 3.05) is 0 Å².